The highest BCUT2D eigenvalue weighted by atomic mass is 35.5. The summed E-state index contributed by atoms with van der Waals surface area (Å²) < 4.78 is 0. The van der Waals surface area contributed by atoms with Crippen LogP contribution in [-0.4, -0.2) is 22.5 Å². The molecule has 0 radical (unpaired) electrons. The van der Waals surface area contributed by atoms with Crippen molar-refractivity contribution < 1.29 is 14.7 Å². The van der Waals surface area contributed by atoms with E-state index in [1.54, 1.807) is 0 Å². The zero-order valence-corrected chi connectivity index (χ0v) is 10.7. The second-order valence-corrected chi connectivity index (χ2v) is 5.07. The summed E-state index contributed by atoms with van der Waals surface area (Å²) in [5.74, 6) is -1.66. The van der Waals surface area contributed by atoms with Gasteiger partial charge >= 0.3 is 5.97 Å². The topological polar surface area (TPSA) is 92.4 Å². The molecule has 1 fully saturated rings. The number of benzene rings is 1. The summed E-state index contributed by atoms with van der Waals surface area (Å²) >= 11 is 11.6. The first-order chi connectivity index (χ1) is 8.33. The van der Waals surface area contributed by atoms with E-state index in [-0.39, 0.29) is 21.3 Å². The number of carbonyl (C=O) groups is 2. The van der Waals surface area contributed by atoms with Crippen molar-refractivity contribution >= 4 is 40.8 Å². The Labute approximate surface area is 113 Å². The summed E-state index contributed by atoms with van der Waals surface area (Å²) in [6.45, 7) is 0. The first kappa shape index (κ1) is 13.1. The fraction of sp³-hybridized carbons (Fsp3) is 0.273. The van der Waals surface area contributed by atoms with E-state index in [1.165, 1.54) is 12.1 Å². The lowest BCUT2D eigenvalue weighted by molar-refractivity contribution is -0.118. The monoisotopic (exact) mass is 288 g/mol. The summed E-state index contributed by atoms with van der Waals surface area (Å²) in [4.78, 5) is 22.9. The number of hydrogen-bond donors (Lipinski definition) is 3. The Morgan fingerprint density at radius 3 is 2.44 bits per heavy atom. The lowest BCUT2D eigenvalue weighted by atomic mass is 10.1. The van der Waals surface area contributed by atoms with E-state index in [1.807, 2.05) is 0 Å². The van der Waals surface area contributed by atoms with Gasteiger partial charge in [0.25, 0.3) is 0 Å². The van der Waals surface area contributed by atoms with Crippen molar-refractivity contribution in [2.45, 2.75) is 18.4 Å². The number of nitrogens with one attached hydrogen (secondary N) is 1. The number of amides is 1. The van der Waals surface area contributed by atoms with Gasteiger partial charge in [-0.25, -0.2) is 4.79 Å². The molecule has 0 heterocycles. The van der Waals surface area contributed by atoms with Crippen molar-refractivity contribution in [3.8, 4) is 0 Å². The first-order valence-electron chi connectivity index (χ1n) is 5.16. The van der Waals surface area contributed by atoms with Crippen LogP contribution in [0.1, 0.15) is 23.2 Å². The molecule has 5 nitrogen and oxygen atoms in total. The highest BCUT2D eigenvalue weighted by Gasteiger charge is 2.46. The number of aromatic carboxylic acids is 1. The molecule has 7 heteroatoms. The number of nitrogens with two attached hydrogens (primary N) is 1. The van der Waals surface area contributed by atoms with Crippen LogP contribution in [0.25, 0.3) is 0 Å². The molecule has 0 aliphatic heterocycles. The van der Waals surface area contributed by atoms with Crippen molar-refractivity contribution in [2.24, 2.45) is 5.73 Å². The second-order valence-electron chi connectivity index (χ2n) is 4.23. The number of halogens is 2. The largest absolute Gasteiger partial charge is 0.478 e. The minimum atomic E-state index is -1.23. The Morgan fingerprint density at radius 2 is 1.94 bits per heavy atom. The van der Waals surface area contributed by atoms with Gasteiger partial charge in [-0.3, -0.25) is 4.79 Å². The molecule has 1 aromatic carbocycles. The van der Waals surface area contributed by atoms with E-state index in [0.29, 0.717) is 12.8 Å². The van der Waals surface area contributed by atoms with Crippen LogP contribution in [0.2, 0.25) is 10.0 Å². The third kappa shape index (κ3) is 2.43. The highest BCUT2D eigenvalue weighted by Crippen LogP contribution is 2.36. The molecule has 1 saturated carbocycles. The van der Waals surface area contributed by atoms with E-state index in [2.05, 4.69) is 5.32 Å². The number of carbonyl (C=O) groups excluding carboxylic acids is 1. The van der Waals surface area contributed by atoms with Crippen LogP contribution in [-0.2, 0) is 4.79 Å². The molecule has 0 aromatic heterocycles. The van der Waals surface area contributed by atoms with Crippen molar-refractivity contribution in [2.75, 3.05) is 5.32 Å². The van der Waals surface area contributed by atoms with Gasteiger partial charge in [-0.15, -0.1) is 0 Å². The van der Waals surface area contributed by atoms with Crippen molar-refractivity contribution in [1.29, 1.82) is 0 Å². The minimum Gasteiger partial charge on any atom is -0.478 e. The van der Waals surface area contributed by atoms with E-state index in [0.717, 1.165) is 0 Å². The van der Waals surface area contributed by atoms with Crippen LogP contribution in [0.5, 0.6) is 0 Å². The van der Waals surface area contributed by atoms with Crippen molar-refractivity contribution in [1.82, 2.24) is 0 Å². The van der Waals surface area contributed by atoms with E-state index >= 15 is 0 Å². The van der Waals surface area contributed by atoms with Crippen LogP contribution in [0.15, 0.2) is 12.1 Å². The van der Waals surface area contributed by atoms with E-state index in [4.69, 9.17) is 34.0 Å². The first-order valence-corrected chi connectivity index (χ1v) is 5.92. The summed E-state index contributed by atoms with van der Waals surface area (Å²) in [6.07, 6.45) is 1.15. The number of carboxylic acids is 1. The standard InChI is InChI=1S/C11H10Cl2N2O3/c12-5-3-6(9(16)17)8(7(13)4-5)15-10(18)11(14)1-2-11/h3-4H,1-2,14H2,(H,15,18)(H,16,17). The molecule has 0 spiro atoms. The molecule has 1 amide bonds. The van der Waals surface area contributed by atoms with Crippen LogP contribution in [0, 0.1) is 0 Å². The molecule has 0 saturated heterocycles. The van der Waals surface area contributed by atoms with E-state index < -0.39 is 17.4 Å². The fourth-order valence-corrected chi connectivity index (χ4v) is 2.01. The second kappa shape index (κ2) is 4.42. The molecule has 96 valence electrons. The Morgan fingerprint density at radius 1 is 1.33 bits per heavy atom. The van der Waals surface area contributed by atoms with Crippen molar-refractivity contribution in [3.63, 3.8) is 0 Å². The smallest absolute Gasteiger partial charge is 0.337 e. The maximum absolute atomic E-state index is 11.8. The molecular weight excluding hydrogens is 279 g/mol. The van der Waals surface area contributed by atoms with Crippen LogP contribution in [0.4, 0.5) is 5.69 Å². The van der Waals surface area contributed by atoms with Crippen LogP contribution < -0.4 is 11.1 Å². The molecule has 0 atom stereocenters. The van der Waals surface area contributed by atoms with E-state index in [9.17, 15) is 9.59 Å². The third-order valence-electron chi connectivity index (χ3n) is 2.76. The number of carboxylic acid groups (broad SMARTS) is 1. The van der Waals surface area contributed by atoms with Gasteiger partial charge in [0.15, 0.2) is 0 Å². The molecule has 4 N–H and O–H groups in total. The number of hydrogen-bond acceptors (Lipinski definition) is 3. The third-order valence-corrected chi connectivity index (χ3v) is 3.28. The van der Waals surface area contributed by atoms with Gasteiger partial charge in [0, 0.05) is 5.02 Å². The van der Waals surface area contributed by atoms with Gasteiger partial charge in [-0.05, 0) is 25.0 Å². The molecule has 1 aliphatic carbocycles. The SMILES string of the molecule is NC1(C(=O)Nc2c(Cl)cc(Cl)cc2C(=O)O)CC1. The molecule has 2 rings (SSSR count). The Bertz CT molecular complexity index is 541. The minimum absolute atomic E-state index is 0.0234. The number of rotatable bonds is 3. The van der Waals surface area contributed by atoms with Gasteiger partial charge in [0.1, 0.15) is 0 Å². The summed E-state index contributed by atoms with van der Waals surface area (Å²) in [5, 5.41) is 11.8. The lowest BCUT2D eigenvalue weighted by Gasteiger charge is -2.14. The lowest BCUT2D eigenvalue weighted by Crippen LogP contribution is -2.38. The molecular formula is C11H10Cl2N2O3. The maximum atomic E-state index is 11.8. The number of anilines is 1. The Kier molecular flexibility index (Phi) is 3.23. The van der Waals surface area contributed by atoms with Crippen LogP contribution >= 0.6 is 23.2 Å². The average molecular weight is 289 g/mol. The predicted octanol–water partition coefficient (Wildman–Crippen LogP) is 2.12. The van der Waals surface area contributed by atoms with Gasteiger partial charge in [0.2, 0.25) is 5.91 Å². The fourth-order valence-electron chi connectivity index (χ4n) is 1.47. The molecule has 18 heavy (non-hydrogen) atoms. The zero-order chi connectivity index (χ0) is 13.5. The quantitative estimate of drug-likeness (QED) is 0.794. The summed E-state index contributed by atoms with van der Waals surface area (Å²) in [5.41, 5.74) is 4.67. The van der Waals surface area contributed by atoms with Crippen LogP contribution in [0.3, 0.4) is 0 Å². The van der Waals surface area contributed by atoms with Gasteiger partial charge in [-0.2, -0.15) is 0 Å². The summed E-state index contributed by atoms with van der Waals surface area (Å²) in [6, 6.07) is 2.59. The molecule has 0 bridgehead atoms. The van der Waals surface area contributed by atoms with Gasteiger partial charge < -0.3 is 16.2 Å². The predicted molar refractivity (Wildman–Crippen MR) is 68.2 cm³/mol. The highest BCUT2D eigenvalue weighted by molar-refractivity contribution is 6.38. The van der Waals surface area contributed by atoms with Gasteiger partial charge in [0.05, 0.1) is 21.8 Å². The molecule has 1 aliphatic rings. The van der Waals surface area contributed by atoms with Gasteiger partial charge in [-0.1, -0.05) is 23.2 Å². The molecule has 1 aromatic rings. The summed E-state index contributed by atoms with van der Waals surface area (Å²) in [7, 11) is 0. The van der Waals surface area contributed by atoms with Crippen molar-refractivity contribution in [3.05, 3.63) is 27.7 Å². The average Bonchev–Trinajstić information content (AvgIpc) is 3.01. The zero-order valence-electron chi connectivity index (χ0n) is 9.17. The maximum Gasteiger partial charge on any atom is 0.337 e. The Balaban J connectivity index is 2.37. The Hall–Kier alpha value is -1.30. The molecule has 0 unspecified atom stereocenters. The normalized spacial score (nSPS) is 16.2.